The molecule has 0 radical (unpaired) electrons. The van der Waals surface area contributed by atoms with Gasteiger partial charge in [0.05, 0.1) is 11.9 Å². The van der Waals surface area contributed by atoms with Crippen LogP contribution < -0.4 is 5.32 Å². The number of anilines is 1. The summed E-state index contributed by atoms with van der Waals surface area (Å²) in [6.45, 7) is 0.666. The van der Waals surface area contributed by atoms with Crippen LogP contribution in [0, 0.1) is 0 Å². The third-order valence-electron chi connectivity index (χ3n) is 3.21. The van der Waals surface area contributed by atoms with Gasteiger partial charge >= 0.3 is 0 Å². The minimum Gasteiger partial charge on any atom is -0.347 e. The fourth-order valence-electron chi connectivity index (χ4n) is 2.22. The van der Waals surface area contributed by atoms with Gasteiger partial charge in [0, 0.05) is 30.9 Å². The van der Waals surface area contributed by atoms with E-state index in [9.17, 15) is 4.79 Å². The van der Waals surface area contributed by atoms with Crippen molar-refractivity contribution in [2.75, 3.05) is 5.32 Å². The van der Waals surface area contributed by atoms with Crippen LogP contribution >= 0.6 is 0 Å². The number of pyridine rings is 1. The largest absolute Gasteiger partial charge is 0.347 e. The van der Waals surface area contributed by atoms with E-state index < -0.39 is 0 Å². The Kier molecular flexibility index (Phi) is 3.46. The first-order chi connectivity index (χ1) is 9.83. The predicted molar refractivity (Wildman–Crippen MR) is 79.4 cm³/mol. The van der Waals surface area contributed by atoms with Crippen LogP contribution in [0.5, 0.6) is 0 Å². The van der Waals surface area contributed by atoms with Gasteiger partial charge in [0.25, 0.3) is 0 Å². The van der Waals surface area contributed by atoms with Gasteiger partial charge in [0.15, 0.2) is 0 Å². The molecule has 0 aliphatic heterocycles. The first-order valence-electron chi connectivity index (χ1n) is 6.57. The molecule has 3 aromatic rings. The minimum absolute atomic E-state index is 0.00391. The summed E-state index contributed by atoms with van der Waals surface area (Å²) >= 11 is 0. The highest BCUT2D eigenvalue weighted by Gasteiger charge is 2.05. The van der Waals surface area contributed by atoms with E-state index >= 15 is 0 Å². The molecule has 0 spiro atoms. The molecule has 0 atom stereocenters. The van der Waals surface area contributed by atoms with Crippen LogP contribution in [-0.4, -0.2) is 15.5 Å². The number of nitrogens with one attached hydrogen (secondary N) is 1. The molecule has 20 heavy (non-hydrogen) atoms. The van der Waals surface area contributed by atoms with E-state index in [1.165, 1.54) is 5.39 Å². The number of para-hydroxylation sites is 1. The summed E-state index contributed by atoms with van der Waals surface area (Å²) in [5.74, 6) is -0.00391. The lowest BCUT2D eigenvalue weighted by molar-refractivity contribution is -0.116. The smallest absolute Gasteiger partial charge is 0.226 e. The van der Waals surface area contributed by atoms with Crippen LogP contribution in [0.2, 0.25) is 0 Å². The maximum Gasteiger partial charge on any atom is 0.226 e. The molecule has 0 unspecified atom stereocenters. The van der Waals surface area contributed by atoms with E-state index in [1.807, 2.05) is 24.4 Å². The number of amides is 1. The van der Waals surface area contributed by atoms with Crippen LogP contribution in [0.25, 0.3) is 10.9 Å². The zero-order valence-corrected chi connectivity index (χ0v) is 11.0. The summed E-state index contributed by atoms with van der Waals surface area (Å²) in [5.41, 5.74) is 1.89. The van der Waals surface area contributed by atoms with Gasteiger partial charge < -0.3 is 9.88 Å². The third-order valence-corrected chi connectivity index (χ3v) is 3.21. The molecule has 0 saturated heterocycles. The maximum absolute atomic E-state index is 11.9. The lowest BCUT2D eigenvalue weighted by Crippen LogP contribution is -2.14. The number of hydrogen-bond acceptors (Lipinski definition) is 2. The average Bonchev–Trinajstić information content (AvgIpc) is 2.89. The molecule has 0 saturated carbocycles. The molecule has 4 nitrogen and oxygen atoms in total. The van der Waals surface area contributed by atoms with Gasteiger partial charge in [0.1, 0.15) is 0 Å². The van der Waals surface area contributed by atoms with Gasteiger partial charge in [-0.15, -0.1) is 0 Å². The molecule has 1 amide bonds. The van der Waals surface area contributed by atoms with Gasteiger partial charge in [-0.2, -0.15) is 0 Å². The van der Waals surface area contributed by atoms with Crippen molar-refractivity contribution in [1.29, 1.82) is 0 Å². The SMILES string of the molecule is O=C(CCn1ccc2ccccc21)Nc1cccnc1. The Hall–Kier alpha value is -2.62. The van der Waals surface area contributed by atoms with Crippen molar-refractivity contribution in [3.8, 4) is 0 Å². The molecule has 4 heteroatoms. The lowest BCUT2D eigenvalue weighted by Gasteiger charge is -2.06. The highest BCUT2D eigenvalue weighted by atomic mass is 16.1. The average molecular weight is 265 g/mol. The maximum atomic E-state index is 11.9. The van der Waals surface area contributed by atoms with E-state index in [1.54, 1.807) is 18.5 Å². The van der Waals surface area contributed by atoms with Crippen molar-refractivity contribution in [3.05, 3.63) is 61.1 Å². The zero-order valence-electron chi connectivity index (χ0n) is 11.0. The predicted octanol–water partition coefficient (Wildman–Crippen LogP) is 3.07. The summed E-state index contributed by atoms with van der Waals surface area (Å²) in [4.78, 5) is 15.9. The minimum atomic E-state index is -0.00391. The van der Waals surface area contributed by atoms with Crippen molar-refractivity contribution >= 4 is 22.5 Å². The first kappa shape index (κ1) is 12.4. The number of fused-ring (bicyclic) bond motifs is 1. The van der Waals surface area contributed by atoms with Gasteiger partial charge in [-0.1, -0.05) is 18.2 Å². The van der Waals surface area contributed by atoms with Crippen LogP contribution in [0.4, 0.5) is 5.69 Å². The summed E-state index contributed by atoms with van der Waals surface area (Å²) in [6.07, 6.45) is 5.78. The fraction of sp³-hybridized carbons (Fsp3) is 0.125. The Morgan fingerprint density at radius 1 is 1.15 bits per heavy atom. The number of aryl methyl sites for hydroxylation is 1. The molecular weight excluding hydrogens is 250 g/mol. The highest BCUT2D eigenvalue weighted by Crippen LogP contribution is 2.15. The molecule has 3 rings (SSSR count). The zero-order chi connectivity index (χ0) is 13.8. The van der Waals surface area contributed by atoms with E-state index in [-0.39, 0.29) is 5.91 Å². The van der Waals surface area contributed by atoms with Crippen molar-refractivity contribution < 1.29 is 4.79 Å². The van der Waals surface area contributed by atoms with Crippen LogP contribution in [-0.2, 0) is 11.3 Å². The second-order valence-electron chi connectivity index (χ2n) is 4.61. The molecule has 2 heterocycles. The lowest BCUT2D eigenvalue weighted by atomic mass is 10.2. The van der Waals surface area contributed by atoms with Crippen LogP contribution in [0.1, 0.15) is 6.42 Å². The summed E-state index contributed by atoms with van der Waals surface area (Å²) in [6, 6.07) is 13.9. The number of aromatic nitrogens is 2. The van der Waals surface area contributed by atoms with E-state index in [0.717, 1.165) is 11.2 Å². The van der Waals surface area contributed by atoms with Gasteiger partial charge in [-0.05, 0) is 29.7 Å². The Morgan fingerprint density at radius 2 is 2.05 bits per heavy atom. The van der Waals surface area contributed by atoms with Gasteiger partial charge in [-0.3, -0.25) is 9.78 Å². The molecule has 0 fully saturated rings. The summed E-state index contributed by atoms with van der Waals surface area (Å²) in [7, 11) is 0. The van der Waals surface area contributed by atoms with Crippen molar-refractivity contribution in [1.82, 2.24) is 9.55 Å². The van der Waals surface area contributed by atoms with Crippen molar-refractivity contribution in [3.63, 3.8) is 0 Å². The number of nitrogens with zero attached hydrogens (tertiary/aromatic N) is 2. The fourth-order valence-corrected chi connectivity index (χ4v) is 2.22. The number of carbonyl (C=O) groups excluding carboxylic acids is 1. The molecule has 0 aliphatic rings. The molecule has 2 aromatic heterocycles. The number of benzene rings is 1. The number of carbonyl (C=O) groups is 1. The second kappa shape index (κ2) is 5.57. The normalized spacial score (nSPS) is 10.6. The molecular formula is C16H15N3O. The Bertz CT molecular complexity index is 719. The second-order valence-corrected chi connectivity index (χ2v) is 4.61. The standard InChI is InChI=1S/C16H15N3O/c20-16(18-14-5-3-9-17-12-14)8-11-19-10-7-13-4-1-2-6-15(13)19/h1-7,9-10,12H,8,11H2,(H,18,20). The molecule has 0 aliphatic carbocycles. The number of hydrogen-bond donors (Lipinski definition) is 1. The molecule has 0 bridgehead atoms. The summed E-state index contributed by atoms with van der Waals surface area (Å²) in [5, 5.41) is 4.03. The van der Waals surface area contributed by atoms with E-state index in [2.05, 4.69) is 33.1 Å². The molecule has 1 N–H and O–H groups in total. The highest BCUT2D eigenvalue weighted by molar-refractivity contribution is 5.90. The Labute approximate surface area is 117 Å². The molecule has 100 valence electrons. The van der Waals surface area contributed by atoms with E-state index in [4.69, 9.17) is 0 Å². The quantitative estimate of drug-likeness (QED) is 0.788. The third kappa shape index (κ3) is 2.69. The van der Waals surface area contributed by atoms with Crippen LogP contribution in [0.15, 0.2) is 61.1 Å². The Morgan fingerprint density at radius 3 is 2.90 bits per heavy atom. The number of rotatable bonds is 4. The Balaban J connectivity index is 1.63. The van der Waals surface area contributed by atoms with Gasteiger partial charge in [0.2, 0.25) is 5.91 Å². The topological polar surface area (TPSA) is 46.9 Å². The first-order valence-corrected chi connectivity index (χ1v) is 6.57. The monoisotopic (exact) mass is 265 g/mol. The molecule has 1 aromatic carbocycles. The van der Waals surface area contributed by atoms with Crippen LogP contribution in [0.3, 0.4) is 0 Å². The van der Waals surface area contributed by atoms with E-state index in [0.29, 0.717) is 13.0 Å². The van der Waals surface area contributed by atoms with Crippen molar-refractivity contribution in [2.24, 2.45) is 0 Å². The van der Waals surface area contributed by atoms with Gasteiger partial charge in [-0.25, -0.2) is 0 Å². The summed E-state index contributed by atoms with van der Waals surface area (Å²) < 4.78 is 2.10. The van der Waals surface area contributed by atoms with Crippen molar-refractivity contribution in [2.45, 2.75) is 13.0 Å².